The lowest BCUT2D eigenvalue weighted by Gasteiger charge is -2.13. The van der Waals surface area contributed by atoms with Crippen LogP contribution in [0.1, 0.15) is 38.5 Å². The van der Waals surface area contributed by atoms with Crippen LogP contribution in [-0.2, 0) is 0 Å². The van der Waals surface area contributed by atoms with E-state index in [4.69, 9.17) is 0 Å². The fraction of sp³-hybridized carbons (Fsp3) is 0.800. The molecule has 1 heterocycles. The van der Waals surface area contributed by atoms with Crippen molar-refractivity contribution in [3.63, 3.8) is 0 Å². The molecule has 1 nitrogen and oxygen atoms in total. The molecule has 1 saturated heterocycles. The Hall–Kier alpha value is -0.300. The highest BCUT2D eigenvalue weighted by molar-refractivity contribution is 4.75. The van der Waals surface area contributed by atoms with Crippen LogP contribution in [-0.4, -0.2) is 12.6 Å². The molecule has 0 radical (unpaired) electrons. The van der Waals surface area contributed by atoms with Crippen LogP contribution >= 0.6 is 0 Å². The predicted molar refractivity (Wildman–Crippen MR) is 49.7 cm³/mol. The molecule has 0 saturated carbocycles. The standard InChI is InChI=1S/C10H19N/c1-2-3-7-10-8-5-4-6-9-11-10/h2,10-11H,1,3-9H2. The molecule has 1 fully saturated rings. The highest BCUT2D eigenvalue weighted by Crippen LogP contribution is 2.12. The Morgan fingerprint density at radius 2 is 2.27 bits per heavy atom. The third-order valence-electron chi connectivity index (χ3n) is 2.38. The minimum atomic E-state index is 0.774. The summed E-state index contributed by atoms with van der Waals surface area (Å²) in [6.45, 7) is 4.96. The number of nitrogens with one attached hydrogen (secondary N) is 1. The summed E-state index contributed by atoms with van der Waals surface area (Å²) in [7, 11) is 0. The van der Waals surface area contributed by atoms with Gasteiger partial charge in [0.15, 0.2) is 0 Å². The molecule has 0 aromatic heterocycles. The van der Waals surface area contributed by atoms with Crippen LogP contribution in [0.4, 0.5) is 0 Å². The molecule has 0 aromatic carbocycles. The molecule has 1 aliphatic heterocycles. The van der Waals surface area contributed by atoms with Crippen molar-refractivity contribution < 1.29 is 0 Å². The van der Waals surface area contributed by atoms with E-state index in [2.05, 4.69) is 11.9 Å². The zero-order valence-electron chi connectivity index (χ0n) is 7.31. The highest BCUT2D eigenvalue weighted by atomic mass is 14.9. The van der Waals surface area contributed by atoms with Crippen molar-refractivity contribution in [2.24, 2.45) is 0 Å². The van der Waals surface area contributed by atoms with Gasteiger partial charge in [-0.15, -0.1) is 6.58 Å². The maximum atomic E-state index is 3.74. The molecule has 0 aromatic rings. The van der Waals surface area contributed by atoms with Crippen LogP contribution in [0.25, 0.3) is 0 Å². The molecule has 0 bridgehead atoms. The predicted octanol–water partition coefficient (Wildman–Crippen LogP) is 2.48. The van der Waals surface area contributed by atoms with Gasteiger partial charge < -0.3 is 5.32 Å². The van der Waals surface area contributed by atoms with Gasteiger partial charge in [0.25, 0.3) is 0 Å². The summed E-state index contributed by atoms with van der Waals surface area (Å²) in [5, 5.41) is 3.57. The Bertz CT molecular complexity index is 101. The lowest BCUT2D eigenvalue weighted by Crippen LogP contribution is -2.27. The van der Waals surface area contributed by atoms with Crippen molar-refractivity contribution in [3.8, 4) is 0 Å². The third-order valence-corrected chi connectivity index (χ3v) is 2.38. The van der Waals surface area contributed by atoms with Gasteiger partial charge in [-0.3, -0.25) is 0 Å². The Balaban J connectivity index is 2.14. The molecule has 1 N–H and O–H groups in total. The van der Waals surface area contributed by atoms with Gasteiger partial charge in [-0.2, -0.15) is 0 Å². The van der Waals surface area contributed by atoms with E-state index in [9.17, 15) is 0 Å². The Labute approximate surface area is 69.9 Å². The molecule has 0 amide bonds. The van der Waals surface area contributed by atoms with Crippen molar-refractivity contribution >= 4 is 0 Å². The molecule has 1 heteroatoms. The second kappa shape index (κ2) is 5.36. The number of hydrogen-bond donors (Lipinski definition) is 1. The Kier molecular flexibility index (Phi) is 4.29. The van der Waals surface area contributed by atoms with Crippen LogP contribution in [0.2, 0.25) is 0 Å². The topological polar surface area (TPSA) is 12.0 Å². The normalized spacial score (nSPS) is 26.0. The van der Waals surface area contributed by atoms with E-state index < -0.39 is 0 Å². The van der Waals surface area contributed by atoms with E-state index in [0.29, 0.717) is 0 Å². The molecule has 1 atom stereocenters. The molecule has 11 heavy (non-hydrogen) atoms. The molecule has 0 aliphatic carbocycles. The van der Waals surface area contributed by atoms with Gasteiger partial charge in [-0.25, -0.2) is 0 Å². The first-order valence-electron chi connectivity index (χ1n) is 4.78. The molecule has 1 aliphatic rings. The lowest BCUT2D eigenvalue weighted by atomic mass is 10.1. The summed E-state index contributed by atoms with van der Waals surface area (Å²) in [5.41, 5.74) is 0. The number of allylic oxidation sites excluding steroid dienone is 1. The molecule has 1 rings (SSSR count). The maximum Gasteiger partial charge on any atom is 0.00700 e. The van der Waals surface area contributed by atoms with E-state index in [0.717, 1.165) is 12.5 Å². The van der Waals surface area contributed by atoms with Crippen molar-refractivity contribution in [2.45, 2.75) is 44.6 Å². The van der Waals surface area contributed by atoms with Crippen LogP contribution in [0.3, 0.4) is 0 Å². The number of hydrogen-bond acceptors (Lipinski definition) is 1. The largest absolute Gasteiger partial charge is 0.314 e. The zero-order valence-corrected chi connectivity index (χ0v) is 7.31. The minimum absolute atomic E-state index is 0.774. The molecular formula is C10H19N. The summed E-state index contributed by atoms with van der Waals surface area (Å²) in [4.78, 5) is 0. The molecule has 0 spiro atoms. The molecule has 1 unspecified atom stereocenters. The average molecular weight is 153 g/mol. The van der Waals surface area contributed by atoms with Crippen LogP contribution in [0, 0.1) is 0 Å². The minimum Gasteiger partial charge on any atom is -0.314 e. The first-order valence-corrected chi connectivity index (χ1v) is 4.78. The fourth-order valence-electron chi connectivity index (χ4n) is 1.67. The Morgan fingerprint density at radius 1 is 1.36 bits per heavy atom. The van der Waals surface area contributed by atoms with Crippen LogP contribution in [0.15, 0.2) is 12.7 Å². The SMILES string of the molecule is C=CCCC1CCCCCN1. The third kappa shape index (κ3) is 3.57. The highest BCUT2D eigenvalue weighted by Gasteiger charge is 2.09. The quantitative estimate of drug-likeness (QED) is 0.614. The van der Waals surface area contributed by atoms with Crippen LogP contribution < -0.4 is 5.32 Å². The van der Waals surface area contributed by atoms with Gasteiger partial charge in [-0.05, 0) is 32.2 Å². The van der Waals surface area contributed by atoms with Crippen molar-refractivity contribution in [1.29, 1.82) is 0 Å². The van der Waals surface area contributed by atoms with E-state index >= 15 is 0 Å². The van der Waals surface area contributed by atoms with E-state index in [1.54, 1.807) is 0 Å². The van der Waals surface area contributed by atoms with Crippen molar-refractivity contribution in [1.82, 2.24) is 5.32 Å². The van der Waals surface area contributed by atoms with Crippen LogP contribution in [0.5, 0.6) is 0 Å². The van der Waals surface area contributed by atoms with Gasteiger partial charge in [0.2, 0.25) is 0 Å². The van der Waals surface area contributed by atoms with Gasteiger partial charge >= 0.3 is 0 Å². The molecular weight excluding hydrogens is 134 g/mol. The van der Waals surface area contributed by atoms with Gasteiger partial charge in [0.1, 0.15) is 0 Å². The number of rotatable bonds is 3. The van der Waals surface area contributed by atoms with Gasteiger partial charge in [-0.1, -0.05) is 18.9 Å². The zero-order chi connectivity index (χ0) is 7.94. The first kappa shape index (κ1) is 8.79. The second-order valence-corrected chi connectivity index (χ2v) is 3.37. The van der Waals surface area contributed by atoms with Crippen molar-refractivity contribution in [3.05, 3.63) is 12.7 Å². The lowest BCUT2D eigenvalue weighted by molar-refractivity contribution is 0.482. The smallest absolute Gasteiger partial charge is 0.00700 e. The van der Waals surface area contributed by atoms with E-state index in [-0.39, 0.29) is 0 Å². The molecule has 64 valence electrons. The summed E-state index contributed by atoms with van der Waals surface area (Å²) in [6, 6.07) is 0.774. The second-order valence-electron chi connectivity index (χ2n) is 3.37. The average Bonchev–Trinajstić information content (AvgIpc) is 2.28. The summed E-state index contributed by atoms with van der Waals surface area (Å²) in [6.07, 6.45) is 10.0. The Morgan fingerprint density at radius 3 is 3.09 bits per heavy atom. The summed E-state index contributed by atoms with van der Waals surface area (Å²) >= 11 is 0. The van der Waals surface area contributed by atoms with Gasteiger partial charge in [0.05, 0.1) is 0 Å². The van der Waals surface area contributed by atoms with E-state index in [1.807, 2.05) is 6.08 Å². The monoisotopic (exact) mass is 153 g/mol. The maximum absolute atomic E-state index is 3.74. The van der Waals surface area contributed by atoms with Gasteiger partial charge in [0, 0.05) is 6.04 Å². The van der Waals surface area contributed by atoms with E-state index in [1.165, 1.54) is 38.6 Å². The van der Waals surface area contributed by atoms with Crippen molar-refractivity contribution in [2.75, 3.05) is 6.54 Å². The summed E-state index contributed by atoms with van der Waals surface area (Å²) < 4.78 is 0. The fourth-order valence-corrected chi connectivity index (χ4v) is 1.67. The summed E-state index contributed by atoms with van der Waals surface area (Å²) in [5.74, 6) is 0. The first-order chi connectivity index (χ1) is 5.43.